The first kappa shape index (κ1) is 23.8. The second-order valence-electron chi connectivity index (χ2n) is 7.80. The first-order chi connectivity index (χ1) is 16.7. The molecule has 2 N–H and O–H groups in total. The van der Waals surface area contributed by atoms with Crippen molar-refractivity contribution < 1.29 is 27.5 Å². The number of rotatable bonds is 7. The minimum Gasteiger partial charge on any atom is -0.487 e. The Labute approximate surface area is 198 Å². The van der Waals surface area contributed by atoms with Crippen LogP contribution in [0.25, 0.3) is 5.65 Å². The zero-order valence-corrected chi connectivity index (χ0v) is 18.6. The Morgan fingerprint density at radius 1 is 1.00 bits per heavy atom. The molecule has 0 spiro atoms. The van der Waals surface area contributed by atoms with Crippen LogP contribution in [0.3, 0.4) is 0 Å². The third kappa shape index (κ3) is 6.17. The third-order valence-corrected chi connectivity index (χ3v) is 5.09. The van der Waals surface area contributed by atoms with Gasteiger partial charge in [-0.15, -0.1) is 0 Å². The van der Waals surface area contributed by atoms with Gasteiger partial charge < -0.3 is 19.8 Å². The van der Waals surface area contributed by atoms with E-state index in [0.717, 1.165) is 11.3 Å². The lowest BCUT2D eigenvalue weighted by Gasteiger charge is -2.12. The minimum absolute atomic E-state index is 0.000288. The number of alkyl halides is 3. The molecule has 4 aromatic rings. The van der Waals surface area contributed by atoms with Gasteiger partial charge in [0.1, 0.15) is 24.5 Å². The van der Waals surface area contributed by atoms with Gasteiger partial charge in [-0.25, -0.2) is 4.98 Å². The van der Waals surface area contributed by atoms with Crippen LogP contribution in [0.5, 0.6) is 5.75 Å². The molecule has 0 unspecified atom stereocenters. The maximum atomic E-state index is 12.8. The molecule has 0 aliphatic heterocycles. The van der Waals surface area contributed by atoms with Gasteiger partial charge in [0, 0.05) is 29.2 Å². The standard InChI is InChI=1S/C25H21F3N4O3/c1-16-8-9-18(23(33)29-15-25(26,27)28)12-21(16)31-24(34)17-5-4-6-20(11-17)35-14-19-13-32-10-3-2-7-22(32)30-19/h2-13H,14-15H2,1H3,(H,29,33)(H,31,34). The second-order valence-corrected chi connectivity index (χ2v) is 7.80. The predicted octanol–water partition coefficient (Wildman–Crippen LogP) is 4.77. The summed E-state index contributed by atoms with van der Waals surface area (Å²) < 4.78 is 44.8. The van der Waals surface area contributed by atoms with Gasteiger partial charge in [0.2, 0.25) is 0 Å². The van der Waals surface area contributed by atoms with E-state index in [9.17, 15) is 22.8 Å². The van der Waals surface area contributed by atoms with Crippen molar-refractivity contribution in [2.24, 2.45) is 0 Å². The van der Waals surface area contributed by atoms with Crippen molar-refractivity contribution in [1.29, 1.82) is 0 Å². The highest BCUT2D eigenvalue weighted by molar-refractivity contribution is 6.05. The zero-order chi connectivity index (χ0) is 25.0. The molecule has 0 radical (unpaired) electrons. The molecule has 0 bridgehead atoms. The molecule has 2 aromatic heterocycles. The van der Waals surface area contributed by atoms with Crippen LogP contribution in [0.15, 0.2) is 73.1 Å². The highest BCUT2D eigenvalue weighted by atomic mass is 19.4. The van der Waals surface area contributed by atoms with Crippen LogP contribution in [0.1, 0.15) is 32.0 Å². The summed E-state index contributed by atoms with van der Waals surface area (Å²) in [5.41, 5.74) is 2.78. The molecule has 0 atom stereocenters. The van der Waals surface area contributed by atoms with Gasteiger partial charge in [0.05, 0.1) is 5.69 Å². The molecule has 10 heteroatoms. The van der Waals surface area contributed by atoms with E-state index in [1.54, 1.807) is 37.3 Å². The number of aryl methyl sites for hydroxylation is 1. The fourth-order valence-electron chi connectivity index (χ4n) is 3.32. The monoisotopic (exact) mass is 482 g/mol. The summed E-state index contributed by atoms with van der Waals surface area (Å²) in [4.78, 5) is 29.3. The van der Waals surface area contributed by atoms with E-state index in [4.69, 9.17) is 4.74 Å². The van der Waals surface area contributed by atoms with Gasteiger partial charge in [0.15, 0.2) is 0 Å². The molecule has 2 heterocycles. The van der Waals surface area contributed by atoms with E-state index in [-0.39, 0.29) is 12.2 Å². The van der Waals surface area contributed by atoms with Crippen molar-refractivity contribution in [3.05, 3.63) is 95.4 Å². The average molecular weight is 482 g/mol. The number of hydrogen-bond donors (Lipinski definition) is 2. The summed E-state index contributed by atoms with van der Waals surface area (Å²) in [6, 6.07) is 16.5. The van der Waals surface area contributed by atoms with Crippen LogP contribution in [-0.2, 0) is 6.61 Å². The Morgan fingerprint density at radius 3 is 2.57 bits per heavy atom. The zero-order valence-electron chi connectivity index (χ0n) is 18.6. The molecule has 35 heavy (non-hydrogen) atoms. The molecular formula is C25H21F3N4O3. The smallest absolute Gasteiger partial charge is 0.405 e. The van der Waals surface area contributed by atoms with Crippen molar-refractivity contribution in [3.8, 4) is 5.75 Å². The first-order valence-corrected chi connectivity index (χ1v) is 10.6. The number of amides is 2. The highest BCUT2D eigenvalue weighted by Gasteiger charge is 2.28. The summed E-state index contributed by atoms with van der Waals surface area (Å²) in [5.74, 6) is -0.883. The largest absolute Gasteiger partial charge is 0.487 e. The lowest BCUT2D eigenvalue weighted by atomic mass is 10.1. The fraction of sp³-hybridized carbons (Fsp3) is 0.160. The number of fused-ring (bicyclic) bond motifs is 1. The molecular weight excluding hydrogens is 461 g/mol. The van der Waals surface area contributed by atoms with Crippen molar-refractivity contribution in [2.75, 3.05) is 11.9 Å². The van der Waals surface area contributed by atoms with E-state index in [1.807, 2.05) is 40.3 Å². The van der Waals surface area contributed by atoms with Crippen molar-refractivity contribution in [3.63, 3.8) is 0 Å². The molecule has 4 rings (SSSR count). The fourth-order valence-corrected chi connectivity index (χ4v) is 3.32. The Hall–Kier alpha value is -4.34. The van der Waals surface area contributed by atoms with Gasteiger partial charge >= 0.3 is 6.18 Å². The van der Waals surface area contributed by atoms with E-state index >= 15 is 0 Å². The van der Waals surface area contributed by atoms with Crippen molar-refractivity contribution in [1.82, 2.24) is 14.7 Å². The van der Waals surface area contributed by atoms with Gasteiger partial charge in [-0.3, -0.25) is 9.59 Å². The predicted molar refractivity (Wildman–Crippen MR) is 123 cm³/mol. The van der Waals surface area contributed by atoms with Gasteiger partial charge in [0.25, 0.3) is 11.8 Å². The number of ether oxygens (including phenoxy) is 1. The van der Waals surface area contributed by atoms with Crippen molar-refractivity contribution in [2.45, 2.75) is 19.7 Å². The number of carbonyl (C=O) groups excluding carboxylic acids is 2. The third-order valence-electron chi connectivity index (χ3n) is 5.09. The van der Waals surface area contributed by atoms with Crippen LogP contribution in [0.2, 0.25) is 0 Å². The van der Waals surface area contributed by atoms with Crippen LogP contribution >= 0.6 is 0 Å². The number of anilines is 1. The number of hydrogen-bond acceptors (Lipinski definition) is 4. The average Bonchev–Trinajstić information content (AvgIpc) is 3.25. The maximum absolute atomic E-state index is 12.8. The van der Waals surface area contributed by atoms with Gasteiger partial charge in [-0.05, 0) is 55.0 Å². The van der Waals surface area contributed by atoms with E-state index in [1.165, 1.54) is 12.1 Å². The number of benzene rings is 2. The molecule has 0 fully saturated rings. The molecule has 0 aliphatic carbocycles. The Kier molecular flexibility index (Phi) is 6.72. The number of nitrogens with zero attached hydrogens (tertiary/aromatic N) is 2. The Bertz CT molecular complexity index is 1350. The summed E-state index contributed by atoms with van der Waals surface area (Å²) in [6.45, 7) is 0.478. The summed E-state index contributed by atoms with van der Waals surface area (Å²) >= 11 is 0. The number of imidazole rings is 1. The maximum Gasteiger partial charge on any atom is 0.405 e. The van der Waals surface area contributed by atoms with Crippen LogP contribution in [-0.4, -0.2) is 33.9 Å². The molecule has 0 saturated heterocycles. The highest BCUT2D eigenvalue weighted by Crippen LogP contribution is 2.21. The number of carbonyl (C=O) groups is 2. The molecule has 180 valence electrons. The number of nitrogens with one attached hydrogen (secondary N) is 2. The molecule has 0 aliphatic rings. The molecule has 2 amide bonds. The second kappa shape index (κ2) is 9.88. The Morgan fingerprint density at radius 2 is 1.80 bits per heavy atom. The summed E-state index contributed by atoms with van der Waals surface area (Å²) in [7, 11) is 0. The molecule has 2 aromatic carbocycles. The number of pyridine rings is 1. The van der Waals surface area contributed by atoms with Crippen LogP contribution < -0.4 is 15.4 Å². The van der Waals surface area contributed by atoms with E-state index < -0.39 is 24.5 Å². The van der Waals surface area contributed by atoms with Crippen molar-refractivity contribution >= 4 is 23.1 Å². The summed E-state index contributed by atoms with van der Waals surface area (Å²) in [5, 5.41) is 4.51. The summed E-state index contributed by atoms with van der Waals surface area (Å²) in [6.07, 6.45) is -0.782. The van der Waals surface area contributed by atoms with Gasteiger partial charge in [-0.2, -0.15) is 13.2 Å². The lowest BCUT2D eigenvalue weighted by Crippen LogP contribution is -2.33. The SMILES string of the molecule is Cc1ccc(C(=O)NCC(F)(F)F)cc1NC(=O)c1cccc(OCc2cn3ccccc3n2)c1. The Balaban J connectivity index is 1.42. The number of halogens is 3. The van der Waals surface area contributed by atoms with Crippen LogP contribution in [0.4, 0.5) is 18.9 Å². The topological polar surface area (TPSA) is 84.7 Å². The first-order valence-electron chi connectivity index (χ1n) is 10.6. The number of aromatic nitrogens is 2. The van der Waals surface area contributed by atoms with E-state index in [0.29, 0.717) is 22.6 Å². The molecule has 7 nitrogen and oxygen atoms in total. The van der Waals surface area contributed by atoms with Gasteiger partial charge in [-0.1, -0.05) is 18.2 Å². The van der Waals surface area contributed by atoms with Crippen LogP contribution in [0, 0.1) is 6.92 Å². The molecule has 0 saturated carbocycles. The van der Waals surface area contributed by atoms with E-state index in [2.05, 4.69) is 10.3 Å². The normalized spacial score (nSPS) is 11.3. The quantitative estimate of drug-likeness (QED) is 0.398. The lowest BCUT2D eigenvalue weighted by molar-refractivity contribution is -0.123. The minimum atomic E-state index is -4.52.